The number of para-hydroxylation sites is 1. The highest BCUT2D eigenvalue weighted by Crippen LogP contribution is 2.13. The maximum atomic E-state index is 12.3. The van der Waals surface area contributed by atoms with Crippen molar-refractivity contribution in [2.24, 2.45) is 5.92 Å². The first-order valence-corrected chi connectivity index (χ1v) is 7.19. The molecule has 118 valence electrons. The minimum absolute atomic E-state index is 0.183. The number of nitrogens with zero attached hydrogens (tertiary/aromatic N) is 2. The van der Waals surface area contributed by atoms with Crippen LogP contribution in [0, 0.1) is 17.2 Å². The molecular formula is C17H17N3O3. The molecule has 0 saturated carbocycles. The van der Waals surface area contributed by atoms with Crippen molar-refractivity contribution < 1.29 is 14.3 Å². The standard InChI is InChI=1S/C17H17N3O3/c1-11(10-18)9-15(17(22)23-2)20-16(21)14-8-7-12-5-3-4-6-13(12)19-14/h3-8,11,15H,9H2,1-2H3,(H,20,21)/t11-,15-/m0/s1. The molecule has 1 N–H and O–H groups in total. The van der Waals surface area contributed by atoms with E-state index in [2.05, 4.69) is 15.0 Å². The van der Waals surface area contributed by atoms with Gasteiger partial charge in [0, 0.05) is 11.3 Å². The summed E-state index contributed by atoms with van der Waals surface area (Å²) in [6.45, 7) is 1.68. The number of amides is 1. The number of rotatable bonds is 5. The lowest BCUT2D eigenvalue weighted by Gasteiger charge is -2.17. The smallest absolute Gasteiger partial charge is 0.328 e. The molecule has 6 heteroatoms. The topological polar surface area (TPSA) is 92.1 Å². The molecule has 0 spiro atoms. The maximum absolute atomic E-state index is 12.3. The third kappa shape index (κ3) is 4.04. The number of esters is 1. The number of benzene rings is 1. The minimum atomic E-state index is -0.879. The zero-order valence-corrected chi connectivity index (χ0v) is 12.9. The van der Waals surface area contributed by atoms with Crippen molar-refractivity contribution >= 4 is 22.8 Å². The summed E-state index contributed by atoms with van der Waals surface area (Å²) in [6, 6.07) is 12.0. The molecule has 0 aliphatic carbocycles. The molecule has 2 aromatic rings. The molecule has 0 unspecified atom stereocenters. The molecule has 1 amide bonds. The van der Waals surface area contributed by atoms with Crippen LogP contribution in [-0.2, 0) is 9.53 Å². The third-order valence-corrected chi connectivity index (χ3v) is 3.43. The first kappa shape index (κ1) is 16.4. The largest absolute Gasteiger partial charge is 0.467 e. The van der Waals surface area contributed by atoms with E-state index in [1.54, 1.807) is 19.1 Å². The van der Waals surface area contributed by atoms with Gasteiger partial charge in [-0.05, 0) is 25.5 Å². The Bertz CT molecular complexity index is 767. The van der Waals surface area contributed by atoms with E-state index >= 15 is 0 Å². The molecule has 0 aliphatic rings. The Kier molecular flexibility index (Phi) is 5.26. The fourth-order valence-corrected chi connectivity index (χ4v) is 2.19. The summed E-state index contributed by atoms with van der Waals surface area (Å²) in [7, 11) is 1.24. The Hall–Kier alpha value is -2.94. The zero-order chi connectivity index (χ0) is 16.8. The Morgan fingerprint density at radius 1 is 1.30 bits per heavy atom. The summed E-state index contributed by atoms with van der Waals surface area (Å²) in [5.41, 5.74) is 0.905. The third-order valence-electron chi connectivity index (χ3n) is 3.43. The zero-order valence-electron chi connectivity index (χ0n) is 12.9. The lowest BCUT2D eigenvalue weighted by molar-refractivity contribution is -0.143. The lowest BCUT2D eigenvalue weighted by Crippen LogP contribution is -2.42. The Morgan fingerprint density at radius 3 is 2.74 bits per heavy atom. The Morgan fingerprint density at radius 2 is 2.04 bits per heavy atom. The summed E-state index contributed by atoms with van der Waals surface area (Å²) < 4.78 is 4.68. The number of carbonyl (C=O) groups excluding carboxylic acids is 2. The van der Waals surface area contributed by atoms with E-state index in [1.165, 1.54) is 7.11 Å². The van der Waals surface area contributed by atoms with Gasteiger partial charge in [-0.1, -0.05) is 24.3 Å². The normalized spacial score (nSPS) is 12.9. The highest BCUT2D eigenvalue weighted by atomic mass is 16.5. The maximum Gasteiger partial charge on any atom is 0.328 e. The predicted molar refractivity (Wildman–Crippen MR) is 84.4 cm³/mol. The van der Waals surface area contributed by atoms with E-state index in [9.17, 15) is 9.59 Å². The van der Waals surface area contributed by atoms with E-state index in [0.29, 0.717) is 5.52 Å². The molecule has 0 fully saturated rings. The van der Waals surface area contributed by atoms with Gasteiger partial charge in [0.2, 0.25) is 0 Å². The van der Waals surface area contributed by atoms with Crippen LogP contribution in [0.25, 0.3) is 10.9 Å². The Balaban J connectivity index is 2.19. The second-order valence-corrected chi connectivity index (χ2v) is 5.20. The van der Waals surface area contributed by atoms with E-state index in [0.717, 1.165) is 5.39 Å². The first-order chi connectivity index (χ1) is 11.0. The number of ether oxygens (including phenoxy) is 1. The number of pyridine rings is 1. The van der Waals surface area contributed by atoms with Crippen molar-refractivity contribution in [1.29, 1.82) is 5.26 Å². The van der Waals surface area contributed by atoms with Gasteiger partial charge in [0.15, 0.2) is 0 Å². The summed E-state index contributed by atoms with van der Waals surface area (Å²) in [5.74, 6) is -1.44. The molecule has 1 aromatic heterocycles. The number of nitriles is 1. The number of carbonyl (C=O) groups is 2. The fourth-order valence-electron chi connectivity index (χ4n) is 2.19. The van der Waals surface area contributed by atoms with Crippen LogP contribution in [0.5, 0.6) is 0 Å². The SMILES string of the molecule is COC(=O)[C@H](C[C@H](C)C#N)NC(=O)c1ccc2ccccc2n1. The van der Waals surface area contributed by atoms with Crippen molar-refractivity contribution in [3.8, 4) is 6.07 Å². The molecule has 0 aliphatic heterocycles. The number of fused-ring (bicyclic) bond motifs is 1. The van der Waals surface area contributed by atoms with Gasteiger partial charge in [0.05, 0.1) is 18.7 Å². The van der Waals surface area contributed by atoms with Crippen LogP contribution >= 0.6 is 0 Å². The van der Waals surface area contributed by atoms with Crippen LogP contribution in [-0.4, -0.2) is 30.0 Å². The summed E-state index contributed by atoms with van der Waals surface area (Å²) >= 11 is 0. The number of aromatic nitrogens is 1. The molecule has 2 rings (SSSR count). The van der Waals surface area contributed by atoms with Crippen LogP contribution in [0.1, 0.15) is 23.8 Å². The lowest BCUT2D eigenvalue weighted by atomic mass is 10.0. The van der Waals surface area contributed by atoms with E-state index in [-0.39, 0.29) is 18.0 Å². The molecular weight excluding hydrogens is 294 g/mol. The van der Waals surface area contributed by atoms with Crippen LogP contribution < -0.4 is 5.32 Å². The van der Waals surface area contributed by atoms with Gasteiger partial charge in [-0.25, -0.2) is 9.78 Å². The first-order valence-electron chi connectivity index (χ1n) is 7.19. The van der Waals surface area contributed by atoms with Gasteiger partial charge in [-0.15, -0.1) is 0 Å². The number of hydrogen-bond acceptors (Lipinski definition) is 5. The van der Waals surface area contributed by atoms with Crippen LogP contribution in [0.2, 0.25) is 0 Å². The average molecular weight is 311 g/mol. The van der Waals surface area contributed by atoms with Crippen molar-refractivity contribution in [3.05, 3.63) is 42.1 Å². The van der Waals surface area contributed by atoms with Crippen LogP contribution in [0.4, 0.5) is 0 Å². The van der Waals surface area contributed by atoms with E-state index in [4.69, 9.17) is 5.26 Å². The quantitative estimate of drug-likeness (QED) is 0.853. The van der Waals surface area contributed by atoms with Crippen molar-refractivity contribution in [2.75, 3.05) is 7.11 Å². The number of nitrogens with one attached hydrogen (secondary N) is 1. The van der Waals surface area contributed by atoms with E-state index in [1.807, 2.05) is 30.3 Å². The summed E-state index contributed by atoms with van der Waals surface area (Å²) in [5, 5.41) is 12.4. The number of methoxy groups -OCH3 is 1. The van der Waals surface area contributed by atoms with E-state index < -0.39 is 17.9 Å². The monoisotopic (exact) mass is 311 g/mol. The van der Waals surface area contributed by atoms with Gasteiger partial charge in [-0.2, -0.15) is 5.26 Å². The summed E-state index contributed by atoms with van der Waals surface area (Å²) in [6.07, 6.45) is 0.183. The van der Waals surface area contributed by atoms with Crippen molar-refractivity contribution in [3.63, 3.8) is 0 Å². The molecule has 0 bridgehead atoms. The van der Waals surface area contributed by atoms with Gasteiger partial charge in [0.25, 0.3) is 5.91 Å². The molecule has 1 heterocycles. The van der Waals surface area contributed by atoms with Gasteiger partial charge in [0.1, 0.15) is 11.7 Å². The molecule has 6 nitrogen and oxygen atoms in total. The highest BCUT2D eigenvalue weighted by molar-refractivity contribution is 5.97. The summed E-state index contributed by atoms with van der Waals surface area (Å²) in [4.78, 5) is 28.4. The molecule has 0 saturated heterocycles. The van der Waals surface area contributed by atoms with Gasteiger partial charge in [-0.3, -0.25) is 4.79 Å². The van der Waals surface area contributed by atoms with Gasteiger partial charge < -0.3 is 10.1 Å². The van der Waals surface area contributed by atoms with Crippen molar-refractivity contribution in [2.45, 2.75) is 19.4 Å². The van der Waals surface area contributed by atoms with Gasteiger partial charge >= 0.3 is 5.97 Å². The molecule has 1 aromatic carbocycles. The average Bonchev–Trinajstić information content (AvgIpc) is 2.59. The predicted octanol–water partition coefficient (Wildman–Crippen LogP) is 2.06. The van der Waals surface area contributed by atoms with Crippen LogP contribution in [0.3, 0.4) is 0 Å². The second-order valence-electron chi connectivity index (χ2n) is 5.20. The minimum Gasteiger partial charge on any atom is -0.467 e. The van der Waals surface area contributed by atoms with Crippen molar-refractivity contribution in [1.82, 2.24) is 10.3 Å². The molecule has 0 radical (unpaired) electrons. The fraction of sp³-hybridized carbons (Fsp3) is 0.294. The molecule has 23 heavy (non-hydrogen) atoms. The van der Waals surface area contributed by atoms with Crippen LogP contribution in [0.15, 0.2) is 36.4 Å². The Labute approximate surface area is 134 Å². The second kappa shape index (κ2) is 7.36. The number of hydrogen-bond donors (Lipinski definition) is 1. The highest BCUT2D eigenvalue weighted by Gasteiger charge is 2.24. The molecule has 2 atom stereocenters.